The predicted molar refractivity (Wildman–Crippen MR) is 91.5 cm³/mol. The zero-order valence-electron chi connectivity index (χ0n) is 13.8. The van der Waals surface area contributed by atoms with E-state index in [1.54, 1.807) is 41.7 Å². The van der Waals surface area contributed by atoms with Crippen molar-refractivity contribution in [3.05, 3.63) is 61.0 Å². The standard InChI is InChI=1S/C17H17FN6O2/c18-15-5-13(24-9-14(6-19)26-17(24)25)1-2-16(15)23-8-12(21-11-23)7-22-4-3-20-10-22/h1-5,8,10-11,14H,6-7,9,19H2/t14-/m0/s1. The monoisotopic (exact) mass is 356 g/mol. The first kappa shape index (κ1) is 16.3. The van der Waals surface area contributed by atoms with Gasteiger partial charge in [0.1, 0.15) is 11.9 Å². The molecule has 1 aromatic carbocycles. The quantitative estimate of drug-likeness (QED) is 0.749. The van der Waals surface area contributed by atoms with Gasteiger partial charge in [-0.1, -0.05) is 0 Å². The number of nitrogens with two attached hydrogens (primary N) is 1. The lowest BCUT2D eigenvalue weighted by Gasteiger charge is -2.14. The number of benzene rings is 1. The Labute approximate surface area is 148 Å². The maximum Gasteiger partial charge on any atom is 0.414 e. The fourth-order valence-electron chi connectivity index (χ4n) is 2.87. The van der Waals surface area contributed by atoms with Crippen molar-refractivity contribution in [2.24, 2.45) is 5.73 Å². The van der Waals surface area contributed by atoms with Crippen LogP contribution in [0.25, 0.3) is 5.69 Å². The Balaban J connectivity index is 1.55. The number of ether oxygens (including phenoxy) is 1. The number of nitrogens with zero attached hydrogens (tertiary/aromatic N) is 5. The molecule has 1 saturated heterocycles. The molecule has 1 aliphatic heterocycles. The molecule has 2 N–H and O–H groups in total. The van der Waals surface area contributed by atoms with E-state index in [-0.39, 0.29) is 12.6 Å². The van der Waals surface area contributed by atoms with Gasteiger partial charge in [0.15, 0.2) is 0 Å². The van der Waals surface area contributed by atoms with Crippen LogP contribution in [0, 0.1) is 5.82 Å². The summed E-state index contributed by atoms with van der Waals surface area (Å²) >= 11 is 0. The summed E-state index contributed by atoms with van der Waals surface area (Å²) in [5.41, 5.74) is 7.09. The minimum atomic E-state index is -0.516. The minimum absolute atomic E-state index is 0.234. The summed E-state index contributed by atoms with van der Waals surface area (Å²) in [4.78, 5) is 21.5. The van der Waals surface area contributed by atoms with E-state index in [0.29, 0.717) is 24.5 Å². The Morgan fingerprint density at radius 3 is 2.92 bits per heavy atom. The molecule has 1 fully saturated rings. The predicted octanol–water partition coefficient (Wildman–Crippen LogP) is 1.54. The highest BCUT2D eigenvalue weighted by molar-refractivity contribution is 5.89. The van der Waals surface area contributed by atoms with Crippen molar-refractivity contribution in [3.8, 4) is 5.69 Å². The summed E-state index contributed by atoms with van der Waals surface area (Å²) in [5, 5.41) is 0. The number of hydrogen-bond donors (Lipinski definition) is 1. The summed E-state index contributed by atoms with van der Waals surface area (Å²) in [7, 11) is 0. The SMILES string of the molecule is NC[C@H]1CN(c2ccc(-n3cnc(Cn4ccnc4)c3)c(F)c2)C(=O)O1. The number of anilines is 1. The second-order valence-corrected chi connectivity index (χ2v) is 6.00. The lowest BCUT2D eigenvalue weighted by Crippen LogP contribution is -2.27. The molecule has 26 heavy (non-hydrogen) atoms. The van der Waals surface area contributed by atoms with Crippen LogP contribution in [0.2, 0.25) is 0 Å². The van der Waals surface area contributed by atoms with Crippen molar-refractivity contribution in [1.82, 2.24) is 19.1 Å². The average Bonchev–Trinajstić information content (AvgIpc) is 3.36. The summed E-state index contributed by atoms with van der Waals surface area (Å²) in [6.07, 6.45) is 7.64. The fraction of sp³-hybridized carbons (Fsp3) is 0.235. The van der Waals surface area contributed by atoms with E-state index in [2.05, 4.69) is 9.97 Å². The molecular formula is C17H17FN6O2. The molecule has 134 valence electrons. The number of cyclic esters (lactones) is 1. The number of carbonyl (C=O) groups is 1. The highest BCUT2D eigenvalue weighted by Gasteiger charge is 2.31. The largest absolute Gasteiger partial charge is 0.443 e. The van der Waals surface area contributed by atoms with Crippen molar-refractivity contribution in [2.45, 2.75) is 12.6 Å². The molecule has 0 spiro atoms. The highest BCUT2D eigenvalue weighted by atomic mass is 19.1. The molecule has 8 nitrogen and oxygen atoms in total. The van der Waals surface area contributed by atoms with Crippen LogP contribution >= 0.6 is 0 Å². The lowest BCUT2D eigenvalue weighted by atomic mass is 10.2. The van der Waals surface area contributed by atoms with Gasteiger partial charge in [0, 0.05) is 25.1 Å². The van der Waals surface area contributed by atoms with Crippen LogP contribution in [0.4, 0.5) is 14.9 Å². The third-order valence-corrected chi connectivity index (χ3v) is 4.20. The van der Waals surface area contributed by atoms with E-state index in [4.69, 9.17) is 10.5 Å². The van der Waals surface area contributed by atoms with Gasteiger partial charge in [-0.25, -0.2) is 19.2 Å². The van der Waals surface area contributed by atoms with Crippen molar-refractivity contribution in [2.75, 3.05) is 18.0 Å². The second-order valence-electron chi connectivity index (χ2n) is 6.00. The third kappa shape index (κ3) is 3.04. The molecule has 9 heteroatoms. The number of imidazole rings is 2. The lowest BCUT2D eigenvalue weighted by molar-refractivity contribution is 0.145. The first-order valence-electron chi connectivity index (χ1n) is 8.11. The second kappa shape index (κ2) is 6.60. The van der Waals surface area contributed by atoms with Crippen LogP contribution in [0.5, 0.6) is 0 Å². The van der Waals surface area contributed by atoms with E-state index < -0.39 is 11.9 Å². The fourth-order valence-corrected chi connectivity index (χ4v) is 2.87. The van der Waals surface area contributed by atoms with E-state index in [1.165, 1.54) is 11.0 Å². The minimum Gasteiger partial charge on any atom is -0.443 e. The van der Waals surface area contributed by atoms with Crippen molar-refractivity contribution >= 4 is 11.8 Å². The van der Waals surface area contributed by atoms with Crippen LogP contribution < -0.4 is 10.6 Å². The summed E-state index contributed by atoms with van der Waals surface area (Å²) in [6, 6.07) is 4.59. The first-order chi connectivity index (χ1) is 12.6. The number of hydrogen-bond acceptors (Lipinski definition) is 5. The summed E-state index contributed by atoms with van der Waals surface area (Å²) in [5.74, 6) is -0.460. The Bertz CT molecular complexity index is 923. The van der Waals surface area contributed by atoms with Gasteiger partial charge in [-0.15, -0.1) is 0 Å². The van der Waals surface area contributed by atoms with Gasteiger partial charge >= 0.3 is 6.09 Å². The molecule has 0 aliphatic carbocycles. The van der Waals surface area contributed by atoms with Crippen LogP contribution in [-0.4, -0.2) is 44.4 Å². The molecule has 0 bridgehead atoms. The van der Waals surface area contributed by atoms with E-state index >= 15 is 0 Å². The smallest absolute Gasteiger partial charge is 0.414 e. The zero-order chi connectivity index (χ0) is 18.1. The van der Waals surface area contributed by atoms with Crippen LogP contribution in [0.3, 0.4) is 0 Å². The number of rotatable bonds is 5. The van der Waals surface area contributed by atoms with Crippen molar-refractivity contribution < 1.29 is 13.9 Å². The van der Waals surface area contributed by atoms with Gasteiger partial charge < -0.3 is 19.6 Å². The topological polar surface area (TPSA) is 91.2 Å². The molecule has 2 aromatic heterocycles. The maximum atomic E-state index is 14.6. The Hall–Kier alpha value is -3.20. The number of carbonyl (C=O) groups excluding carboxylic acids is 1. The molecular weight excluding hydrogens is 339 g/mol. The van der Waals surface area contributed by atoms with Gasteiger partial charge in [-0.05, 0) is 18.2 Å². The molecule has 1 aliphatic rings. The average molecular weight is 356 g/mol. The van der Waals surface area contributed by atoms with E-state index in [1.807, 2.05) is 10.8 Å². The van der Waals surface area contributed by atoms with Gasteiger partial charge in [-0.3, -0.25) is 4.90 Å². The zero-order valence-corrected chi connectivity index (χ0v) is 13.8. The van der Waals surface area contributed by atoms with Crippen LogP contribution in [-0.2, 0) is 11.3 Å². The number of amides is 1. The van der Waals surface area contributed by atoms with Gasteiger partial charge in [-0.2, -0.15) is 0 Å². The van der Waals surface area contributed by atoms with Crippen molar-refractivity contribution in [3.63, 3.8) is 0 Å². The van der Waals surface area contributed by atoms with Gasteiger partial charge in [0.25, 0.3) is 0 Å². The molecule has 3 aromatic rings. The van der Waals surface area contributed by atoms with E-state index in [9.17, 15) is 9.18 Å². The summed E-state index contributed by atoms with van der Waals surface area (Å²) < 4.78 is 23.2. The maximum absolute atomic E-state index is 14.6. The van der Waals surface area contributed by atoms with Crippen LogP contribution in [0.1, 0.15) is 5.69 Å². The molecule has 4 rings (SSSR count). The number of halogens is 1. The molecule has 1 amide bonds. The normalized spacial score (nSPS) is 16.9. The first-order valence-corrected chi connectivity index (χ1v) is 8.11. The number of aromatic nitrogens is 4. The Morgan fingerprint density at radius 2 is 2.23 bits per heavy atom. The third-order valence-electron chi connectivity index (χ3n) is 4.20. The van der Waals surface area contributed by atoms with E-state index in [0.717, 1.165) is 5.69 Å². The van der Waals surface area contributed by atoms with Crippen molar-refractivity contribution in [1.29, 1.82) is 0 Å². The van der Waals surface area contributed by atoms with Gasteiger partial charge in [0.2, 0.25) is 0 Å². The van der Waals surface area contributed by atoms with Gasteiger partial charge in [0.05, 0.1) is 42.8 Å². The Morgan fingerprint density at radius 1 is 1.35 bits per heavy atom. The van der Waals surface area contributed by atoms with Crippen LogP contribution in [0.15, 0.2) is 49.4 Å². The molecule has 3 heterocycles. The molecule has 0 unspecified atom stereocenters. The Kier molecular flexibility index (Phi) is 4.13. The molecule has 1 atom stereocenters. The molecule has 0 saturated carbocycles. The summed E-state index contributed by atoms with van der Waals surface area (Å²) in [6.45, 7) is 1.10. The molecule has 0 radical (unpaired) electrons. The highest BCUT2D eigenvalue weighted by Crippen LogP contribution is 2.25.